The zero-order chi connectivity index (χ0) is 42.6. The van der Waals surface area contributed by atoms with Gasteiger partial charge in [0, 0.05) is 60.2 Å². The van der Waals surface area contributed by atoms with Gasteiger partial charge in [-0.25, -0.2) is 0 Å². The van der Waals surface area contributed by atoms with E-state index in [0.717, 1.165) is 99.9 Å². The number of aromatic amines is 1. The number of hydrogen-bond donors (Lipinski definition) is 1. The minimum atomic E-state index is 0.832. The van der Waals surface area contributed by atoms with E-state index in [1.54, 1.807) is 0 Å². The van der Waals surface area contributed by atoms with E-state index in [-0.39, 0.29) is 0 Å². The molecule has 0 aliphatic heterocycles. The lowest BCUT2D eigenvalue weighted by Gasteiger charge is -2.27. The van der Waals surface area contributed by atoms with Crippen LogP contribution in [0.1, 0.15) is 0 Å². The van der Waals surface area contributed by atoms with E-state index in [1.165, 1.54) is 32.6 Å². The van der Waals surface area contributed by atoms with Crippen LogP contribution in [0.3, 0.4) is 0 Å². The molecular weight excluding hydrogens is 795 g/mol. The first-order chi connectivity index (χ1) is 32.2. The van der Waals surface area contributed by atoms with E-state index in [2.05, 4.69) is 221 Å². The number of para-hydroxylation sites is 6. The van der Waals surface area contributed by atoms with E-state index in [9.17, 15) is 0 Å². The lowest BCUT2D eigenvalue weighted by Crippen LogP contribution is -2.11. The monoisotopic (exact) mass is 831 g/mol. The normalized spacial score (nSPS) is 12.0. The molecule has 0 aliphatic carbocycles. The Hall–Kier alpha value is -8.80. The molecule has 0 atom stereocenters. The molecule has 4 heterocycles. The topological polar surface area (TPSA) is 50.2 Å². The maximum atomic E-state index is 6.72. The van der Waals surface area contributed by atoms with E-state index in [4.69, 9.17) is 8.83 Å². The number of furan rings is 2. The number of nitrogens with zero attached hydrogens (tertiary/aromatic N) is 2. The van der Waals surface area contributed by atoms with Crippen molar-refractivity contribution in [2.45, 2.75) is 0 Å². The summed E-state index contributed by atoms with van der Waals surface area (Å²) in [5, 5.41) is 9.16. The second-order valence-electron chi connectivity index (χ2n) is 16.9. The van der Waals surface area contributed by atoms with Gasteiger partial charge in [0.15, 0.2) is 0 Å². The molecular formula is C60H37N3O2. The number of fused-ring (bicyclic) bond motifs is 12. The molecule has 0 saturated heterocycles. The van der Waals surface area contributed by atoms with Crippen molar-refractivity contribution in [2.75, 3.05) is 4.90 Å². The predicted molar refractivity (Wildman–Crippen MR) is 270 cm³/mol. The van der Waals surface area contributed by atoms with Crippen LogP contribution in [0.2, 0.25) is 0 Å². The second kappa shape index (κ2) is 13.9. The van der Waals surface area contributed by atoms with Gasteiger partial charge in [-0.05, 0) is 102 Å². The molecule has 0 bridgehead atoms. The number of benzene rings is 10. The third-order valence-corrected chi connectivity index (χ3v) is 13.3. The van der Waals surface area contributed by atoms with Crippen molar-refractivity contribution in [3.05, 3.63) is 218 Å². The van der Waals surface area contributed by atoms with Crippen LogP contribution < -0.4 is 4.90 Å². The SMILES string of the molecule is c1ccc(-n2c3ccccc3c3cc(-c4ccc5oc6cccc(N(c7ccc(-c8cccc9c8oc8ccccc89)cc7)c7cccc8c7[nH]c7ccccc78)c6c5c4)ccc32)cc1. The molecule has 14 rings (SSSR count). The Balaban J connectivity index is 0.962. The fraction of sp³-hybridized carbons (Fsp3) is 0. The fourth-order valence-electron chi connectivity index (χ4n) is 10.4. The molecule has 10 aromatic carbocycles. The molecule has 0 amide bonds. The maximum Gasteiger partial charge on any atom is 0.143 e. The first kappa shape index (κ1) is 35.8. The highest BCUT2D eigenvalue weighted by molar-refractivity contribution is 6.18. The maximum absolute atomic E-state index is 6.72. The van der Waals surface area contributed by atoms with Crippen molar-refractivity contribution in [3.63, 3.8) is 0 Å². The smallest absolute Gasteiger partial charge is 0.143 e. The van der Waals surface area contributed by atoms with Crippen LogP contribution in [0.5, 0.6) is 0 Å². The van der Waals surface area contributed by atoms with Crippen molar-refractivity contribution in [3.8, 4) is 27.9 Å². The number of anilines is 3. The van der Waals surface area contributed by atoms with E-state index in [0.29, 0.717) is 0 Å². The summed E-state index contributed by atoms with van der Waals surface area (Å²) in [5.41, 5.74) is 16.7. The lowest BCUT2D eigenvalue weighted by atomic mass is 9.99. The van der Waals surface area contributed by atoms with Gasteiger partial charge in [-0.15, -0.1) is 0 Å². The Labute approximate surface area is 372 Å². The van der Waals surface area contributed by atoms with Gasteiger partial charge in [-0.1, -0.05) is 133 Å². The van der Waals surface area contributed by atoms with Gasteiger partial charge in [0.05, 0.1) is 33.3 Å². The van der Waals surface area contributed by atoms with Crippen LogP contribution in [0.4, 0.5) is 17.1 Å². The van der Waals surface area contributed by atoms with Crippen LogP contribution >= 0.6 is 0 Å². The number of hydrogen-bond acceptors (Lipinski definition) is 3. The third-order valence-electron chi connectivity index (χ3n) is 13.3. The Morgan fingerprint density at radius 2 is 1.02 bits per heavy atom. The largest absolute Gasteiger partial charge is 0.456 e. The quantitative estimate of drug-likeness (QED) is 0.182. The van der Waals surface area contributed by atoms with Crippen molar-refractivity contribution >= 4 is 105 Å². The summed E-state index contributed by atoms with van der Waals surface area (Å²) in [7, 11) is 0. The highest BCUT2D eigenvalue weighted by Gasteiger charge is 2.23. The van der Waals surface area contributed by atoms with Crippen LogP contribution in [0.25, 0.3) is 115 Å². The number of rotatable bonds is 6. The summed E-state index contributed by atoms with van der Waals surface area (Å²) in [6.45, 7) is 0. The van der Waals surface area contributed by atoms with Crippen molar-refractivity contribution in [1.29, 1.82) is 0 Å². The van der Waals surface area contributed by atoms with E-state index in [1.807, 2.05) is 12.1 Å². The zero-order valence-electron chi connectivity index (χ0n) is 35.0. The predicted octanol–water partition coefficient (Wildman–Crippen LogP) is 17.0. The molecule has 14 aromatic rings. The molecule has 65 heavy (non-hydrogen) atoms. The van der Waals surface area contributed by atoms with Crippen LogP contribution in [0, 0.1) is 0 Å². The molecule has 0 fully saturated rings. The molecule has 0 saturated carbocycles. The summed E-state index contributed by atoms with van der Waals surface area (Å²) in [6, 6.07) is 77.9. The minimum Gasteiger partial charge on any atom is -0.456 e. The summed E-state index contributed by atoms with van der Waals surface area (Å²) in [4.78, 5) is 6.19. The van der Waals surface area contributed by atoms with Gasteiger partial charge in [-0.2, -0.15) is 0 Å². The van der Waals surface area contributed by atoms with Gasteiger partial charge in [0.1, 0.15) is 22.3 Å². The Kier molecular flexibility index (Phi) is 7.62. The minimum absolute atomic E-state index is 0.832. The highest BCUT2D eigenvalue weighted by Crippen LogP contribution is 2.47. The van der Waals surface area contributed by atoms with Crippen LogP contribution in [-0.2, 0) is 0 Å². The van der Waals surface area contributed by atoms with Crippen molar-refractivity contribution < 1.29 is 8.83 Å². The average molecular weight is 832 g/mol. The molecule has 0 aliphatic rings. The van der Waals surface area contributed by atoms with Crippen LogP contribution in [-0.4, -0.2) is 9.55 Å². The second-order valence-corrected chi connectivity index (χ2v) is 16.9. The molecule has 1 N–H and O–H groups in total. The van der Waals surface area contributed by atoms with Crippen molar-refractivity contribution in [1.82, 2.24) is 9.55 Å². The van der Waals surface area contributed by atoms with Gasteiger partial charge >= 0.3 is 0 Å². The van der Waals surface area contributed by atoms with E-state index < -0.39 is 0 Å². The van der Waals surface area contributed by atoms with Gasteiger partial charge in [0.2, 0.25) is 0 Å². The van der Waals surface area contributed by atoms with E-state index >= 15 is 0 Å². The molecule has 0 radical (unpaired) electrons. The van der Waals surface area contributed by atoms with Crippen molar-refractivity contribution in [2.24, 2.45) is 0 Å². The third kappa shape index (κ3) is 5.39. The molecule has 5 nitrogen and oxygen atoms in total. The van der Waals surface area contributed by atoms with Gasteiger partial charge in [-0.3, -0.25) is 0 Å². The first-order valence-corrected chi connectivity index (χ1v) is 22.1. The first-order valence-electron chi connectivity index (χ1n) is 22.1. The van der Waals surface area contributed by atoms with Gasteiger partial charge in [0.25, 0.3) is 0 Å². The Bertz CT molecular complexity index is 4190. The molecule has 4 aromatic heterocycles. The summed E-state index contributed by atoms with van der Waals surface area (Å²) >= 11 is 0. The molecule has 0 spiro atoms. The lowest BCUT2D eigenvalue weighted by molar-refractivity contribution is 0.669. The average Bonchev–Trinajstić information content (AvgIpc) is 4.14. The highest BCUT2D eigenvalue weighted by atomic mass is 16.3. The summed E-state index contributed by atoms with van der Waals surface area (Å²) in [5.74, 6) is 0. The Morgan fingerprint density at radius 1 is 0.385 bits per heavy atom. The summed E-state index contributed by atoms with van der Waals surface area (Å²) in [6.07, 6.45) is 0. The molecule has 0 unspecified atom stereocenters. The fourth-order valence-corrected chi connectivity index (χ4v) is 10.4. The molecule has 304 valence electrons. The van der Waals surface area contributed by atoms with Crippen LogP contribution in [0.15, 0.2) is 227 Å². The number of H-pyrrole nitrogens is 1. The Morgan fingerprint density at radius 3 is 1.91 bits per heavy atom. The summed E-state index contributed by atoms with van der Waals surface area (Å²) < 4.78 is 15.6. The zero-order valence-corrected chi connectivity index (χ0v) is 35.0. The number of nitrogens with one attached hydrogen (secondary N) is 1. The molecule has 5 heteroatoms. The standard InChI is InChI=1S/C60H37N3O2/c1-2-13-40(14-3-1)62-51-22-8-5-16-44(51)48-35-38(29-33-52(48)62)39-30-34-56-49(36-39)58-53(23-12-26-57(58)64-56)63(54-24-11-19-46-43-15-4-7-21-50(43)61-59(46)54)41-31-27-37(28-32-41)42-18-10-20-47-45-17-6-9-25-55(45)65-60(42)47/h1-36,61H. The number of aromatic nitrogens is 2. The van der Waals surface area contributed by atoms with Gasteiger partial charge < -0.3 is 23.3 Å².